The lowest BCUT2D eigenvalue weighted by atomic mass is 10.1. The van der Waals surface area contributed by atoms with Gasteiger partial charge in [-0.1, -0.05) is 23.2 Å². The van der Waals surface area contributed by atoms with Gasteiger partial charge >= 0.3 is 0 Å². The molecule has 1 unspecified atom stereocenters. The summed E-state index contributed by atoms with van der Waals surface area (Å²) in [6, 6.07) is 8.60. The third-order valence-corrected chi connectivity index (χ3v) is 5.42. The average Bonchev–Trinajstić information content (AvgIpc) is 3.23. The van der Waals surface area contributed by atoms with Gasteiger partial charge in [0.15, 0.2) is 11.5 Å². The number of hydrogen-bond acceptors (Lipinski definition) is 7. The molecule has 0 fully saturated rings. The maximum Gasteiger partial charge on any atom is 0.255 e. The molecule has 170 valence electrons. The first-order chi connectivity index (χ1) is 15.9. The molecule has 0 aliphatic carbocycles. The Kier molecular flexibility index (Phi) is 6.69. The number of aromatic nitrogens is 2. The number of nitrogens with zero attached hydrogens (tertiary/aromatic N) is 2. The van der Waals surface area contributed by atoms with Gasteiger partial charge in [-0.25, -0.2) is 0 Å². The van der Waals surface area contributed by atoms with E-state index >= 15 is 0 Å². The Labute approximate surface area is 200 Å². The Balaban J connectivity index is 1.51. The van der Waals surface area contributed by atoms with Gasteiger partial charge in [0.2, 0.25) is 0 Å². The van der Waals surface area contributed by atoms with Crippen molar-refractivity contribution in [2.75, 3.05) is 19.0 Å². The molecule has 3 heterocycles. The highest BCUT2D eigenvalue weighted by Crippen LogP contribution is 2.33. The number of carbonyl (C=O) groups excluding carboxylic acids is 1. The van der Waals surface area contributed by atoms with Gasteiger partial charge in [0.1, 0.15) is 12.2 Å². The molecule has 2 N–H and O–H groups in total. The highest BCUT2D eigenvalue weighted by molar-refractivity contribution is 6.39. The molecule has 1 aliphatic heterocycles. The SMILES string of the molecule is COc1ccc(C(=O)Nc2c(Cl)cncc2Cl)cc1OCC1(C)C=C(c2cccnc2)NO1. The minimum atomic E-state index is -0.757. The number of pyridine rings is 2. The van der Waals surface area contributed by atoms with Crippen LogP contribution in [0.4, 0.5) is 5.69 Å². The smallest absolute Gasteiger partial charge is 0.255 e. The van der Waals surface area contributed by atoms with Crippen molar-refractivity contribution in [1.82, 2.24) is 15.4 Å². The minimum absolute atomic E-state index is 0.160. The highest BCUT2D eigenvalue weighted by atomic mass is 35.5. The zero-order valence-corrected chi connectivity index (χ0v) is 19.3. The lowest BCUT2D eigenvalue weighted by molar-refractivity contribution is -0.0476. The number of hydrogen-bond donors (Lipinski definition) is 2. The van der Waals surface area contributed by atoms with Crippen molar-refractivity contribution in [2.45, 2.75) is 12.5 Å². The van der Waals surface area contributed by atoms with Crippen molar-refractivity contribution in [1.29, 1.82) is 0 Å². The predicted molar refractivity (Wildman–Crippen MR) is 126 cm³/mol. The molecule has 1 aromatic carbocycles. The van der Waals surface area contributed by atoms with Gasteiger partial charge in [-0.3, -0.25) is 25.1 Å². The lowest BCUT2D eigenvalue weighted by Gasteiger charge is -2.21. The number of nitrogens with one attached hydrogen (secondary N) is 2. The molecule has 3 aromatic rings. The number of amides is 1. The molecule has 0 spiro atoms. The molecular weight excluding hydrogens is 467 g/mol. The van der Waals surface area contributed by atoms with E-state index in [4.69, 9.17) is 37.5 Å². The minimum Gasteiger partial charge on any atom is -0.493 e. The molecule has 0 saturated carbocycles. The molecule has 1 atom stereocenters. The second-order valence-electron chi connectivity index (χ2n) is 7.40. The number of anilines is 1. The van der Waals surface area contributed by atoms with Crippen LogP contribution in [0, 0.1) is 0 Å². The highest BCUT2D eigenvalue weighted by Gasteiger charge is 2.32. The summed E-state index contributed by atoms with van der Waals surface area (Å²) in [6.45, 7) is 2.03. The van der Waals surface area contributed by atoms with Crippen LogP contribution in [0.5, 0.6) is 11.5 Å². The van der Waals surface area contributed by atoms with Crippen molar-refractivity contribution < 1.29 is 19.1 Å². The molecule has 4 rings (SSSR count). The fourth-order valence-electron chi connectivity index (χ4n) is 3.14. The Morgan fingerprint density at radius 2 is 1.94 bits per heavy atom. The van der Waals surface area contributed by atoms with Gasteiger partial charge < -0.3 is 14.8 Å². The third-order valence-electron chi connectivity index (χ3n) is 4.85. The van der Waals surface area contributed by atoms with E-state index in [9.17, 15) is 4.79 Å². The predicted octanol–water partition coefficient (Wildman–Crippen LogP) is 4.76. The third kappa shape index (κ3) is 5.19. The topological polar surface area (TPSA) is 94.6 Å². The quantitative estimate of drug-likeness (QED) is 0.497. The Morgan fingerprint density at radius 1 is 1.15 bits per heavy atom. The second-order valence-corrected chi connectivity index (χ2v) is 8.22. The van der Waals surface area contributed by atoms with Gasteiger partial charge in [-0.05, 0) is 43.3 Å². The zero-order chi connectivity index (χ0) is 23.4. The number of benzene rings is 1. The van der Waals surface area contributed by atoms with E-state index in [2.05, 4.69) is 20.8 Å². The molecule has 0 bridgehead atoms. The monoisotopic (exact) mass is 486 g/mol. The van der Waals surface area contributed by atoms with E-state index in [0.29, 0.717) is 17.1 Å². The first-order valence-electron chi connectivity index (χ1n) is 9.87. The molecule has 0 saturated heterocycles. The van der Waals surface area contributed by atoms with E-state index in [1.807, 2.05) is 25.1 Å². The molecule has 33 heavy (non-hydrogen) atoms. The molecule has 1 aliphatic rings. The van der Waals surface area contributed by atoms with E-state index in [1.54, 1.807) is 30.6 Å². The number of methoxy groups -OCH3 is 1. The van der Waals surface area contributed by atoms with Crippen LogP contribution in [0.25, 0.3) is 5.70 Å². The average molecular weight is 487 g/mol. The van der Waals surface area contributed by atoms with Crippen LogP contribution in [0.1, 0.15) is 22.8 Å². The molecule has 0 radical (unpaired) electrons. The summed E-state index contributed by atoms with van der Waals surface area (Å²) in [5.41, 5.74) is 4.45. The van der Waals surface area contributed by atoms with Gasteiger partial charge in [0.05, 0.1) is 28.5 Å². The van der Waals surface area contributed by atoms with E-state index < -0.39 is 11.5 Å². The van der Waals surface area contributed by atoms with E-state index in [-0.39, 0.29) is 22.3 Å². The van der Waals surface area contributed by atoms with Crippen LogP contribution in [0.2, 0.25) is 10.0 Å². The van der Waals surface area contributed by atoms with Gasteiger partial charge in [-0.2, -0.15) is 0 Å². The normalized spacial score (nSPS) is 17.2. The van der Waals surface area contributed by atoms with Crippen molar-refractivity contribution in [2.24, 2.45) is 0 Å². The van der Waals surface area contributed by atoms with Crippen molar-refractivity contribution in [3.63, 3.8) is 0 Å². The summed E-state index contributed by atoms with van der Waals surface area (Å²) in [7, 11) is 1.52. The number of hydroxylamine groups is 1. The van der Waals surface area contributed by atoms with Crippen LogP contribution in [0.15, 0.2) is 61.2 Å². The van der Waals surface area contributed by atoms with Gasteiger partial charge in [0, 0.05) is 35.9 Å². The summed E-state index contributed by atoms with van der Waals surface area (Å²) < 4.78 is 11.4. The van der Waals surface area contributed by atoms with Crippen LogP contribution in [-0.2, 0) is 4.84 Å². The zero-order valence-electron chi connectivity index (χ0n) is 17.8. The maximum atomic E-state index is 12.8. The molecule has 8 nitrogen and oxygen atoms in total. The summed E-state index contributed by atoms with van der Waals surface area (Å²) in [5, 5.41) is 3.16. The maximum absolute atomic E-state index is 12.8. The first-order valence-corrected chi connectivity index (χ1v) is 10.6. The fourth-order valence-corrected chi connectivity index (χ4v) is 3.60. The number of ether oxygens (including phenoxy) is 2. The second kappa shape index (κ2) is 9.66. The summed E-state index contributed by atoms with van der Waals surface area (Å²) in [5.74, 6) is 0.434. The summed E-state index contributed by atoms with van der Waals surface area (Å²) in [4.78, 5) is 26.5. The van der Waals surface area contributed by atoms with E-state index in [0.717, 1.165) is 11.3 Å². The van der Waals surface area contributed by atoms with Crippen LogP contribution in [0.3, 0.4) is 0 Å². The molecule has 1 amide bonds. The molecule has 10 heteroatoms. The number of rotatable bonds is 7. The first kappa shape index (κ1) is 22.8. The van der Waals surface area contributed by atoms with E-state index in [1.165, 1.54) is 19.5 Å². The molecular formula is C23H20Cl2N4O4. The fraction of sp³-hybridized carbons (Fsp3) is 0.174. The Bertz CT molecular complexity index is 1190. The molecule has 2 aromatic heterocycles. The van der Waals surface area contributed by atoms with Crippen LogP contribution < -0.4 is 20.3 Å². The Hall–Kier alpha value is -3.33. The summed E-state index contributed by atoms with van der Waals surface area (Å²) in [6.07, 6.45) is 8.15. The summed E-state index contributed by atoms with van der Waals surface area (Å²) >= 11 is 12.2. The van der Waals surface area contributed by atoms with Crippen molar-refractivity contribution in [3.05, 3.63) is 82.4 Å². The standard InChI is InChI=1S/C23H20Cl2N4O4/c1-23(9-18(29-33-23)15-4-3-7-26-10-15)13-32-20-8-14(5-6-19(20)31-2)22(30)28-21-16(24)11-27-12-17(21)25/h3-12,29H,13H2,1-2H3,(H,27,28,30). The number of halogens is 2. The van der Waals surface area contributed by atoms with Crippen molar-refractivity contribution >= 4 is 40.5 Å². The van der Waals surface area contributed by atoms with Crippen LogP contribution >= 0.6 is 23.2 Å². The Morgan fingerprint density at radius 3 is 2.64 bits per heavy atom. The largest absolute Gasteiger partial charge is 0.493 e. The number of carbonyl (C=O) groups is 1. The van der Waals surface area contributed by atoms with Crippen molar-refractivity contribution in [3.8, 4) is 11.5 Å². The van der Waals surface area contributed by atoms with Gasteiger partial charge in [-0.15, -0.1) is 0 Å². The lowest BCUT2D eigenvalue weighted by Crippen LogP contribution is -2.33. The van der Waals surface area contributed by atoms with Crippen LogP contribution in [-0.4, -0.2) is 35.2 Å². The van der Waals surface area contributed by atoms with Gasteiger partial charge in [0.25, 0.3) is 5.91 Å².